The third-order valence-electron chi connectivity index (χ3n) is 3.87. The van der Waals surface area contributed by atoms with E-state index in [2.05, 4.69) is 20.5 Å². The highest BCUT2D eigenvalue weighted by Gasteiger charge is 2.24. The summed E-state index contributed by atoms with van der Waals surface area (Å²) in [5, 5.41) is 9.97. The number of hydrogen-bond donors (Lipinski definition) is 2. The third-order valence-corrected chi connectivity index (χ3v) is 3.87. The molecule has 1 aliphatic rings. The van der Waals surface area contributed by atoms with Crippen LogP contribution in [0.25, 0.3) is 11.3 Å². The number of carbonyl (C=O) groups excluding carboxylic acids is 1. The van der Waals surface area contributed by atoms with Crippen LogP contribution in [-0.4, -0.2) is 33.8 Å². The monoisotopic (exact) mass is 300 g/mol. The van der Waals surface area contributed by atoms with Crippen molar-refractivity contribution in [3.63, 3.8) is 0 Å². The maximum absolute atomic E-state index is 12.1. The Kier molecular flexibility index (Phi) is 4.20. The summed E-state index contributed by atoms with van der Waals surface area (Å²) < 4.78 is 5.57. The Balaban J connectivity index is 1.65. The maximum atomic E-state index is 12.1. The fourth-order valence-electron chi connectivity index (χ4n) is 2.18. The number of hydrogen-bond acceptors (Lipinski definition) is 4. The lowest BCUT2D eigenvalue weighted by Gasteiger charge is -2.12. The van der Waals surface area contributed by atoms with E-state index in [1.165, 1.54) is 12.8 Å². The molecule has 1 amide bonds. The molecule has 2 N–H and O–H groups in total. The first kappa shape index (κ1) is 14.7. The average molecular weight is 300 g/mol. The van der Waals surface area contributed by atoms with Crippen LogP contribution in [0.2, 0.25) is 0 Å². The van der Waals surface area contributed by atoms with Crippen LogP contribution in [-0.2, 0) is 9.53 Å². The molecular formula is C16H20N4O2. The first-order chi connectivity index (χ1) is 10.6. The van der Waals surface area contributed by atoms with E-state index in [9.17, 15) is 4.79 Å². The fraction of sp³-hybridized carbons (Fsp3) is 0.438. The summed E-state index contributed by atoms with van der Waals surface area (Å²) in [5.41, 5.74) is 2.76. The zero-order valence-electron chi connectivity index (χ0n) is 12.8. The van der Waals surface area contributed by atoms with Gasteiger partial charge in [-0.2, -0.15) is 5.10 Å². The summed E-state index contributed by atoms with van der Waals surface area (Å²) in [6.07, 6.45) is 5.40. The second-order valence-electron chi connectivity index (χ2n) is 5.72. The molecule has 6 nitrogen and oxygen atoms in total. The van der Waals surface area contributed by atoms with Gasteiger partial charge in [-0.15, -0.1) is 0 Å². The number of amides is 1. The van der Waals surface area contributed by atoms with Crippen LogP contribution < -0.4 is 5.32 Å². The van der Waals surface area contributed by atoms with Gasteiger partial charge in [-0.3, -0.25) is 14.9 Å². The lowest BCUT2D eigenvalue weighted by molar-refractivity contribution is -0.126. The molecule has 3 rings (SSSR count). The van der Waals surface area contributed by atoms with Crippen molar-refractivity contribution in [3.8, 4) is 11.3 Å². The van der Waals surface area contributed by atoms with Gasteiger partial charge in [-0.25, -0.2) is 0 Å². The van der Waals surface area contributed by atoms with Gasteiger partial charge in [-0.1, -0.05) is 0 Å². The van der Waals surface area contributed by atoms with E-state index < -0.39 is 6.10 Å². The summed E-state index contributed by atoms with van der Waals surface area (Å²) in [6.45, 7) is 4.35. The standard InChI is InChI=1S/C16H20N4O2/c1-10-14(13-5-7-17-8-6-13)19-20-15(10)18-16(21)11(2)22-9-12-3-4-12/h5-8,11-12H,3-4,9H2,1-2H3,(H2,18,19,20,21)/t11-/m0/s1. The van der Waals surface area contributed by atoms with E-state index >= 15 is 0 Å². The van der Waals surface area contributed by atoms with Gasteiger partial charge in [0.25, 0.3) is 5.91 Å². The average Bonchev–Trinajstić information content (AvgIpc) is 3.30. The van der Waals surface area contributed by atoms with Gasteiger partial charge in [0.15, 0.2) is 5.82 Å². The topological polar surface area (TPSA) is 79.9 Å². The highest BCUT2D eigenvalue weighted by atomic mass is 16.5. The predicted octanol–water partition coefficient (Wildman–Crippen LogP) is 2.53. The molecule has 0 unspecified atom stereocenters. The Morgan fingerprint density at radius 3 is 2.86 bits per heavy atom. The Morgan fingerprint density at radius 1 is 1.45 bits per heavy atom. The lowest BCUT2D eigenvalue weighted by atomic mass is 10.1. The largest absolute Gasteiger partial charge is 0.368 e. The molecule has 0 aliphatic heterocycles. The molecule has 0 radical (unpaired) electrons. The number of ether oxygens (including phenoxy) is 1. The number of pyridine rings is 1. The van der Waals surface area contributed by atoms with Gasteiger partial charge in [0, 0.05) is 23.5 Å². The Bertz CT molecular complexity index is 649. The van der Waals surface area contributed by atoms with E-state index in [4.69, 9.17) is 4.74 Å². The van der Waals surface area contributed by atoms with Gasteiger partial charge in [0.05, 0.1) is 12.3 Å². The molecule has 1 fully saturated rings. The number of anilines is 1. The number of aromatic amines is 1. The van der Waals surface area contributed by atoms with Crippen LogP contribution in [0.5, 0.6) is 0 Å². The Morgan fingerprint density at radius 2 is 2.18 bits per heavy atom. The Labute approximate surface area is 129 Å². The number of nitrogens with one attached hydrogen (secondary N) is 2. The molecule has 0 aromatic carbocycles. The van der Waals surface area contributed by atoms with E-state index in [0.717, 1.165) is 16.8 Å². The van der Waals surface area contributed by atoms with Crippen LogP contribution >= 0.6 is 0 Å². The molecule has 0 bridgehead atoms. The summed E-state index contributed by atoms with van der Waals surface area (Å²) in [5.74, 6) is 1.01. The first-order valence-corrected chi connectivity index (χ1v) is 7.53. The maximum Gasteiger partial charge on any atom is 0.254 e. The van der Waals surface area contributed by atoms with E-state index in [-0.39, 0.29) is 5.91 Å². The predicted molar refractivity (Wildman–Crippen MR) is 83.3 cm³/mol. The van der Waals surface area contributed by atoms with Crippen molar-refractivity contribution in [1.29, 1.82) is 0 Å². The fourth-order valence-corrected chi connectivity index (χ4v) is 2.18. The van der Waals surface area contributed by atoms with Crippen molar-refractivity contribution in [3.05, 3.63) is 30.1 Å². The molecule has 1 saturated carbocycles. The number of carbonyl (C=O) groups is 1. The van der Waals surface area contributed by atoms with Crippen molar-refractivity contribution in [2.75, 3.05) is 11.9 Å². The second-order valence-corrected chi connectivity index (χ2v) is 5.72. The summed E-state index contributed by atoms with van der Waals surface area (Å²) >= 11 is 0. The Hall–Kier alpha value is -2.21. The van der Waals surface area contributed by atoms with E-state index in [0.29, 0.717) is 18.3 Å². The number of rotatable bonds is 6. The molecule has 22 heavy (non-hydrogen) atoms. The van der Waals surface area contributed by atoms with Crippen LogP contribution in [0, 0.1) is 12.8 Å². The SMILES string of the molecule is Cc1c(NC(=O)[C@H](C)OCC2CC2)n[nH]c1-c1ccncc1. The molecule has 1 aliphatic carbocycles. The lowest BCUT2D eigenvalue weighted by Crippen LogP contribution is -2.28. The molecule has 0 saturated heterocycles. The molecule has 2 heterocycles. The van der Waals surface area contributed by atoms with Crippen molar-refractivity contribution in [2.24, 2.45) is 5.92 Å². The summed E-state index contributed by atoms with van der Waals surface area (Å²) in [6, 6.07) is 3.79. The number of nitrogens with zero attached hydrogens (tertiary/aromatic N) is 2. The van der Waals surface area contributed by atoms with Crippen LogP contribution in [0.1, 0.15) is 25.3 Å². The van der Waals surface area contributed by atoms with Crippen molar-refractivity contribution >= 4 is 11.7 Å². The smallest absolute Gasteiger partial charge is 0.254 e. The van der Waals surface area contributed by atoms with Gasteiger partial charge in [-0.05, 0) is 44.7 Å². The van der Waals surface area contributed by atoms with Crippen LogP contribution in [0.15, 0.2) is 24.5 Å². The van der Waals surface area contributed by atoms with Crippen LogP contribution in [0.3, 0.4) is 0 Å². The van der Waals surface area contributed by atoms with Crippen molar-refractivity contribution in [2.45, 2.75) is 32.8 Å². The molecule has 116 valence electrons. The van der Waals surface area contributed by atoms with Gasteiger partial charge in [0.1, 0.15) is 6.10 Å². The molecular weight excluding hydrogens is 280 g/mol. The number of H-pyrrole nitrogens is 1. The zero-order valence-corrected chi connectivity index (χ0v) is 12.8. The van der Waals surface area contributed by atoms with Crippen molar-refractivity contribution < 1.29 is 9.53 Å². The highest BCUT2D eigenvalue weighted by molar-refractivity contribution is 5.94. The normalized spacial score (nSPS) is 15.5. The molecule has 1 atom stereocenters. The third kappa shape index (κ3) is 3.33. The molecule has 2 aromatic rings. The molecule has 2 aromatic heterocycles. The minimum atomic E-state index is -0.471. The van der Waals surface area contributed by atoms with E-state index in [1.54, 1.807) is 19.3 Å². The summed E-state index contributed by atoms with van der Waals surface area (Å²) in [4.78, 5) is 16.1. The highest BCUT2D eigenvalue weighted by Crippen LogP contribution is 2.29. The molecule has 0 spiro atoms. The van der Waals surface area contributed by atoms with E-state index in [1.807, 2.05) is 19.1 Å². The van der Waals surface area contributed by atoms with Gasteiger partial charge < -0.3 is 10.1 Å². The minimum absolute atomic E-state index is 0.170. The molecule has 6 heteroatoms. The minimum Gasteiger partial charge on any atom is -0.368 e. The zero-order chi connectivity index (χ0) is 15.5. The summed E-state index contributed by atoms with van der Waals surface area (Å²) in [7, 11) is 0. The van der Waals surface area contributed by atoms with Crippen LogP contribution in [0.4, 0.5) is 5.82 Å². The number of aromatic nitrogens is 3. The quantitative estimate of drug-likeness (QED) is 0.859. The first-order valence-electron chi connectivity index (χ1n) is 7.53. The second kappa shape index (κ2) is 6.27. The van der Waals surface area contributed by atoms with Crippen molar-refractivity contribution in [1.82, 2.24) is 15.2 Å². The van der Waals surface area contributed by atoms with Gasteiger partial charge in [0.2, 0.25) is 0 Å². The van der Waals surface area contributed by atoms with Gasteiger partial charge >= 0.3 is 0 Å².